The van der Waals surface area contributed by atoms with Crippen LogP contribution in [0.25, 0.3) is 0 Å². The van der Waals surface area contributed by atoms with Crippen LogP contribution in [0.15, 0.2) is 22.8 Å². The molecule has 0 fully saturated rings. The van der Waals surface area contributed by atoms with Crippen LogP contribution in [0.2, 0.25) is 0 Å². The zero-order valence-corrected chi connectivity index (χ0v) is 8.08. The summed E-state index contributed by atoms with van der Waals surface area (Å²) in [5, 5.41) is 3.29. The maximum atomic E-state index is 5.30. The van der Waals surface area contributed by atoms with Gasteiger partial charge in [-0.3, -0.25) is 5.32 Å². The zero-order chi connectivity index (χ0) is 9.68. The molecule has 1 aromatic heterocycles. The normalized spacial score (nSPS) is 14.8. The smallest absolute Gasteiger partial charge is 0.120 e. The summed E-state index contributed by atoms with van der Waals surface area (Å²) < 4.78 is 5.30. The van der Waals surface area contributed by atoms with E-state index in [1.54, 1.807) is 6.26 Å². The molecule has 2 atom stereocenters. The molecule has 0 aliphatic carbocycles. The third-order valence-electron chi connectivity index (χ3n) is 2.00. The predicted octanol–water partition coefficient (Wildman–Crippen LogP) is 2.34. The van der Waals surface area contributed by atoms with Gasteiger partial charge in [0.15, 0.2) is 0 Å². The largest absolute Gasteiger partial charge is 0.468 e. The first-order valence-electron chi connectivity index (χ1n) is 4.53. The van der Waals surface area contributed by atoms with Crippen LogP contribution in [-0.2, 0) is 0 Å². The van der Waals surface area contributed by atoms with Crippen LogP contribution in [0.5, 0.6) is 0 Å². The van der Waals surface area contributed by atoms with Gasteiger partial charge in [0.1, 0.15) is 5.76 Å². The minimum Gasteiger partial charge on any atom is -0.468 e. The lowest BCUT2D eigenvalue weighted by Gasteiger charge is -2.16. The van der Waals surface area contributed by atoms with E-state index in [0.29, 0.717) is 0 Å². The lowest BCUT2D eigenvalue weighted by atomic mass is 10.1. The van der Waals surface area contributed by atoms with Crippen molar-refractivity contribution in [2.24, 2.45) is 0 Å². The highest BCUT2D eigenvalue weighted by Crippen LogP contribution is 2.16. The summed E-state index contributed by atoms with van der Waals surface area (Å²) in [4.78, 5) is 0. The Morgan fingerprint density at radius 3 is 2.92 bits per heavy atom. The molecule has 1 N–H and O–H groups in total. The number of rotatable bonds is 4. The molecule has 1 rings (SSSR count). The van der Waals surface area contributed by atoms with Crippen LogP contribution >= 0.6 is 0 Å². The lowest BCUT2D eigenvalue weighted by molar-refractivity contribution is 0.395. The van der Waals surface area contributed by atoms with Crippen LogP contribution in [0.4, 0.5) is 0 Å². The van der Waals surface area contributed by atoms with Crippen molar-refractivity contribution in [2.75, 3.05) is 0 Å². The summed E-state index contributed by atoms with van der Waals surface area (Å²) in [6, 6.07) is 4.15. The number of hydrogen-bond acceptors (Lipinski definition) is 2. The molecule has 70 valence electrons. The van der Waals surface area contributed by atoms with Gasteiger partial charge in [-0.15, -0.1) is 6.42 Å². The number of nitrogens with one attached hydrogen (secondary N) is 1. The Morgan fingerprint density at radius 1 is 1.69 bits per heavy atom. The molecule has 0 aliphatic heterocycles. The van der Waals surface area contributed by atoms with Gasteiger partial charge < -0.3 is 4.42 Å². The molecule has 0 spiro atoms. The molecular formula is C11H15NO. The van der Waals surface area contributed by atoms with Crippen molar-refractivity contribution in [1.29, 1.82) is 0 Å². The molecule has 1 aromatic rings. The standard InChI is InChI=1S/C11H15NO/c1-4-9(3)12-10(5-2)11-7-6-8-13-11/h1,6-10,12H,5H2,2-3H3. The lowest BCUT2D eigenvalue weighted by Crippen LogP contribution is -2.28. The maximum Gasteiger partial charge on any atom is 0.120 e. The second-order valence-corrected chi connectivity index (χ2v) is 3.03. The number of terminal acetylenes is 1. The van der Waals surface area contributed by atoms with Crippen LogP contribution in [0.1, 0.15) is 32.1 Å². The highest BCUT2D eigenvalue weighted by atomic mass is 16.3. The molecule has 1 heterocycles. The Labute approximate surface area is 79.3 Å². The van der Waals surface area contributed by atoms with E-state index >= 15 is 0 Å². The SMILES string of the molecule is C#CC(C)NC(CC)c1ccco1. The van der Waals surface area contributed by atoms with Crippen molar-refractivity contribution >= 4 is 0 Å². The van der Waals surface area contributed by atoms with Gasteiger partial charge in [0.05, 0.1) is 18.3 Å². The fourth-order valence-electron chi connectivity index (χ4n) is 1.24. The van der Waals surface area contributed by atoms with Gasteiger partial charge in [-0.1, -0.05) is 12.8 Å². The molecule has 0 radical (unpaired) electrons. The number of furan rings is 1. The van der Waals surface area contributed by atoms with Crippen molar-refractivity contribution in [3.05, 3.63) is 24.2 Å². The summed E-state index contributed by atoms with van der Waals surface area (Å²) >= 11 is 0. The molecule has 0 saturated carbocycles. The molecule has 2 nitrogen and oxygen atoms in total. The van der Waals surface area contributed by atoms with Gasteiger partial charge in [0.25, 0.3) is 0 Å². The fourth-order valence-corrected chi connectivity index (χ4v) is 1.24. The molecule has 2 unspecified atom stereocenters. The van der Waals surface area contributed by atoms with Crippen LogP contribution < -0.4 is 5.32 Å². The van der Waals surface area contributed by atoms with Crippen molar-refractivity contribution in [3.8, 4) is 12.3 Å². The summed E-state index contributed by atoms with van der Waals surface area (Å²) in [6.45, 7) is 4.06. The Bertz CT molecular complexity index is 271. The zero-order valence-electron chi connectivity index (χ0n) is 8.08. The molecule has 2 heteroatoms. The van der Waals surface area contributed by atoms with Crippen LogP contribution in [-0.4, -0.2) is 6.04 Å². The van der Waals surface area contributed by atoms with Crippen molar-refractivity contribution in [1.82, 2.24) is 5.32 Å². The molecule has 0 saturated heterocycles. The van der Waals surface area contributed by atoms with E-state index in [4.69, 9.17) is 10.8 Å². The molecule has 13 heavy (non-hydrogen) atoms. The van der Waals surface area contributed by atoms with Gasteiger partial charge in [-0.2, -0.15) is 0 Å². The first-order chi connectivity index (χ1) is 6.27. The Balaban J connectivity index is 2.60. The van der Waals surface area contributed by atoms with E-state index in [-0.39, 0.29) is 12.1 Å². The van der Waals surface area contributed by atoms with Crippen molar-refractivity contribution < 1.29 is 4.42 Å². The van der Waals surface area contributed by atoms with Gasteiger partial charge in [-0.05, 0) is 25.5 Å². The summed E-state index contributed by atoms with van der Waals surface area (Å²) in [5.74, 6) is 3.59. The Hall–Kier alpha value is -1.20. The van der Waals surface area contributed by atoms with Crippen molar-refractivity contribution in [2.45, 2.75) is 32.4 Å². The average Bonchev–Trinajstić information content (AvgIpc) is 2.66. The van der Waals surface area contributed by atoms with Gasteiger partial charge in [0.2, 0.25) is 0 Å². The minimum absolute atomic E-state index is 0.0787. The Morgan fingerprint density at radius 2 is 2.46 bits per heavy atom. The van der Waals surface area contributed by atoms with E-state index in [0.717, 1.165) is 12.2 Å². The molecule has 0 bridgehead atoms. The van der Waals surface area contributed by atoms with Crippen molar-refractivity contribution in [3.63, 3.8) is 0 Å². The van der Waals surface area contributed by atoms with Gasteiger partial charge in [0, 0.05) is 0 Å². The summed E-state index contributed by atoms with van der Waals surface area (Å²) in [6.07, 6.45) is 7.94. The monoisotopic (exact) mass is 177 g/mol. The van der Waals surface area contributed by atoms with Crippen LogP contribution in [0.3, 0.4) is 0 Å². The first kappa shape index (κ1) is 9.88. The molecule has 0 aliphatic rings. The van der Waals surface area contributed by atoms with E-state index < -0.39 is 0 Å². The average molecular weight is 177 g/mol. The topological polar surface area (TPSA) is 25.2 Å². The first-order valence-corrected chi connectivity index (χ1v) is 4.53. The number of hydrogen-bond donors (Lipinski definition) is 1. The third kappa shape index (κ3) is 2.64. The predicted molar refractivity (Wildman–Crippen MR) is 53.2 cm³/mol. The van der Waals surface area contributed by atoms with Gasteiger partial charge in [-0.25, -0.2) is 0 Å². The summed E-state index contributed by atoms with van der Waals surface area (Å²) in [7, 11) is 0. The Kier molecular flexibility index (Phi) is 3.60. The molecule has 0 amide bonds. The van der Waals surface area contributed by atoms with E-state index in [1.807, 2.05) is 19.1 Å². The van der Waals surface area contributed by atoms with E-state index in [2.05, 4.69) is 18.2 Å². The molecular weight excluding hydrogens is 162 g/mol. The second kappa shape index (κ2) is 4.74. The fraction of sp³-hybridized carbons (Fsp3) is 0.455. The maximum absolute atomic E-state index is 5.30. The van der Waals surface area contributed by atoms with E-state index in [9.17, 15) is 0 Å². The quantitative estimate of drug-likeness (QED) is 0.714. The highest BCUT2D eigenvalue weighted by Gasteiger charge is 2.12. The second-order valence-electron chi connectivity index (χ2n) is 3.03. The summed E-state index contributed by atoms with van der Waals surface area (Å²) in [5.41, 5.74) is 0. The van der Waals surface area contributed by atoms with E-state index in [1.165, 1.54) is 0 Å². The third-order valence-corrected chi connectivity index (χ3v) is 2.00. The van der Waals surface area contributed by atoms with Crippen LogP contribution in [0, 0.1) is 12.3 Å². The van der Waals surface area contributed by atoms with Gasteiger partial charge >= 0.3 is 0 Å². The molecule has 0 aromatic carbocycles. The highest BCUT2D eigenvalue weighted by molar-refractivity contribution is 5.06. The minimum atomic E-state index is 0.0787.